The zero-order valence-electron chi connectivity index (χ0n) is 12.7. The summed E-state index contributed by atoms with van der Waals surface area (Å²) in [7, 11) is 0. The molecule has 0 unspecified atom stereocenters. The number of hydrogen-bond donors (Lipinski definition) is 0. The maximum absolute atomic E-state index is 11.3. The molecule has 0 amide bonds. The minimum absolute atomic E-state index is 0.265. The molecule has 0 aromatic heterocycles. The fourth-order valence-corrected chi connectivity index (χ4v) is 1.77. The largest absolute Gasteiger partial charge is 0.432 e. The first-order valence-corrected chi connectivity index (χ1v) is 7.83. The number of rotatable bonds is 12. The van der Waals surface area contributed by atoms with Crippen LogP contribution in [0, 0.1) is 0 Å². The summed E-state index contributed by atoms with van der Waals surface area (Å²) in [6, 6.07) is 0. The quantitative estimate of drug-likeness (QED) is 0.201. The van der Waals surface area contributed by atoms with Crippen LogP contribution in [0.2, 0.25) is 0 Å². The number of carbonyl (C=O) groups excluding carboxylic acids is 1. The van der Waals surface area contributed by atoms with Gasteiger partial charge >= 0.3 is 5.97 Å². The third kappa shape index (κ3) is 14.9. The predicted octanol–water partition coefficient (Wildman–Crippen LogP) is 5.54. The van der Waals surface area contributed by atoms with Gasteiger partial charge in [-0.1, -0.05) is 58.4 Å². The van der Waals surface area contributed by atoms with Crippen molar-refractivity contribution in [2.24, 2.45) is 0 Å². The first-order chi connectivity index (χ1) is 9.31. The van der Waals surface area contributed by atoms with Crippen LogP contribution in [0.3, 0.4) is 0 Å². The molecule has 19 heavy (non-hydrogen) atoms. The summed E-state index contributed by atoms with van der Waals surface area (Å²) in [5, 5.41) is 0. The number of hydrogen-bond acceptors (Lipinski definition) is 2. The average molecular weight is 266 g/mol. The molecule has 0 saturated carbocycles. The minimum atomic E-state index is -0.265. The highest BCUT2D eigenvalue weighted by Crippen LogP contribution is 2.07. The summed E-state index contributed by atoms with van der Waals surface area (Å²) in [6.07, 6.45) is 18.8. The molecule has 0 aliphatic carbocycles. The number of unbranched alkanes of at least 4 members (excludes halogenated alkanes) is 8. The Morgan fingerprint density at radius 3 is 2.21 bits per heavy atom. The molecule has 0 heterocycles. The second-order valence-electron chi connectivity index (χ2n) is 4.91. The zero-order chi connectivity index (χ0) is 14.2. The summed E-state index contributed by atoms with van der Waals surface area (Å²) in [5.74, 6) is -0.265. The highest BCUT2D eigenvalue weighted by atomic mass is 16.5. The van der Waals surface area contributed by atoms with E-state index in [1.54, 1.807) is 0 Å². The molecule has 0 atom stereocenters. The minimum Gasteiger partial charge on any atom is -0.432 e. The molecule has 0 saturated heterocycles. The maximum atomic E-state index is 11.3. The molecule has 0 bridgehead atoms. The molecule has 0 spiro atoms. The van der Waals surface area contributed by atoms with Crippen LogP contribution < -0.4 is 0 Å². The SMILES string of the molecule is CCCC/C=C/OC(=O)/C=C/CCCCCCCC. The number of ether oxygens (including phenoxy) is 1. The van der Waals surface area contributed by atoms with Gasteiger partial charge in [-0.25, -0.2) is 4.79 Å². The Hall–Kier alpha value is -1.05. The van der Waals surface area contributed by atoms with Crippen LogP contribution in [-0.2, 0) is 9.53 Å². The van der Waals surface area contributed by atoms with Crippen LogP contribution in [0.5, 0.6) is 0 Å². The van der Waals surface area contributed by atoms with Crippen molar-refractivity contribution in [1.82, 2.24) is 0 Å². The third-order valence-electron chi connectivity index (χ3n) is 2.98. The van der Waals surface area contributed by atoms with Crippen LogP contribution in [0.25, 0.3) is 0 Å². The van der Waals surface area contributed by atoms with E-state index in [1.807, 2.05) is 12.2 Å². The van der Waals surface area contributed by atoms with Crippen LogP contribution in [0.15, 0.2) is 24.5 Å². The van der Waals surface area contributed by atoms with Gasteiger partial charge in [0.1, 0.15) is 0 Å². The zero-order valence-corrected chi connectivity index (χ0v) is 12.7. The van der Waals surface area contributed by atoms with E-state index >= 15 is 0 Å². The fourth-order valence-electron chi connectivity index (χ4n) is 1.77. The van der Waals surface area contributed by atoms with Crippen molar-refractivity contribution in [3.8, 4) is 0 Å². The number of esters is 1. The van der Waals surface area contributed by atoms with Crippen molar-refractivity contribution < 1.29 is 9.53 Å². The highest BCUT2D eigenvalue weighted by molar-refractivity contribution is 5.82. The van der Waals surface area contributed by atoms with E-state index in [0.717, 1.165) is 25.7 Å². The van der Waals surface area contributed by atoms with Gasteiger partial charge in [-0.05, 0) is 31.8 Å². The summed E-state index contributed by atoms with van der Waals surface area (Å²) in [6.45, 7) is 4.37. The Morgan fingerprint density at radius 2 is 1.47 bits per heavy atom. The van der Waals surface area contributed by atoms with E-state index in [1.165, 1.54) is 50.9 Å². The monoisotopic (exact) mass is 266 g/mol. The molecular weight excluding hydrogens is 236 g/mol. The lowest BCUT2D eigenvalue weighted by Gasteiger charge is -1.97. The Kier molecular flexibility index (Phi) is 14.2. The van der Waals surface area contributed by atoms with Crippen molar-refractivity contribution in [3.63, 3.8) is 0 Å². The van der Waals surface area contributed by atoms with Crippen LogP contribution in [0.1, 0.15) is 78.1 Å². The van der Waals surface area contributed by atoms with Gasteiger partial charge in [-0.15, -0.1) is 0 Å². The molecule has 0 aliphatic rings. The average Bonchev–Trinajstić information content (AvgIpc) is 2.41. The predicted molar refractivity (Wildman–Crippen MR) is 81.9 cm³/mol. The first kappa shape index (κ1) is 17.9. The lowest BCUT2D eigenvalue weighted by Crippen LogP contribution is -1.93. The second-order valence-corrected chi connectivity index (χ2v) is 4.91. The molecule has 0 fully saturated rings. The molecule has 2 nitrogen and oxygen atoms in total. The van der Waals surface area contributed by atoms with Crippen molar-refractivity contribution in [2.75, 3.05) is 0 Å². The lowest BCUT2D eigenvalue weighted by molar-refractivity contribution is -0.132. The summed E-state index contributed by atoms with van der Waals surface area (Å²) < 4.78 is 4.94. The lowest BCUT2D eigenvalue weighted by atomic mass is 10.1. The molecule has 0 aromatic carbocycles. The number of allylic oxidation sites excluding steroid dienone is 2. The third-order valence-corrected chi connectivity index (χ3v) is 2.98. The molecule has 110 valence electrons. The van der Waals surface area contributed by atoms with Gasteiger partial charge in [0.15, 0.2) is 0 Å². The van der Waals surface area contributed by atoms with Gasteiger partial charge in [0.2, 0.25) is 0 Å². The van der Waals surface area contributed by atoms with Gasteiger partial charge < -0.3 is 4.74 Å². The van der Waals surface area contributed by atoms with Gasteiger partial charge in [0, 0.05) is 6.08 Å². The molecular formula is C17H30O2. The highest BCUT2D eigenvalue weighted by Gasteiger charge is 1.92. The Morgan fingerprint density at radius 1 is 0.842 bits per heavy atom. The molecule has 2 heteroatoms. The Balaban J connectivity index is 3.39. The fraction of sp³-hybridized carbons (Fsp3) is 0.706. The Bertz CT molecular complexity index is 254. The van der Waals surface area contributed by atoms with Gasteiger partial charge in [0.05, 0.1) is 6.26 Å². The van der Waals surface area contributed by atoms with E-state index in [9.17, 15) is 4.79 Å². The smallest absolute Gasteiger partial charge is 0.335 e. The van der Waals surface area contributed by atoms with Gasteiger partial charge in [-0.3, -0.25) is 0 Å². The van der Waals surface area contributed by atoms with Crippen molar-refractivity contribution in [3.05, 3.63) is 24.5 Å². The van der Waals surface area contributed by atoms with Crippen LogP contribution in [0.4, 0.5) is 0 Å². The van der Waals surface area contributed by atoms with E-state index in [-0.39, 0.29) is 5.97 Å². The van der Waals surface area contributed by atoms with E-state index in [0.29, 0.717) is 0 Å². The summed E-state index contributed by atoms with van der Waals surface area (Å²) in [5.41, 5.74) is 0. The molecule has 0 radical (unpaired) electrons. The summed E-state index contributed by atoms with van der Waals surface area (Å²) in [4.78, 5) is 11.3. The Labute approximate surface area is 118 Å². The van der Waals surface area contributed by atoms with E-state index in [4.69, 9.17) is 4.74 Å². The molecule has 0 rings (SSSR count). The second kappa shape index (κ2) is 15.0. The summed E-state index contributed by atoms with van der Waals surface area (Å²) >= 11 is 0. The van der Waals surface area contributed by atoms with Gasteiger partial charge in [0.25, 0.3) is 0 Å². The van der Waals surface area contributed by atoms with E-state index < -0.39 is 0 Å². The maximum Gasteiger partial charge on any atom is 0.335 e. The van der Waals surface area contributed by atoms with Crippen LogP contribution in [-0.4, -0.2) is 5.97 Å². The van der Waals surface area contributed by atoms with Crippen molar-refractivity contribution in [1.29, 1.82) is 0 Å². The topological polar surface area (TPSA) is 26.3 Å². The van der Waals surface area contributed by atoms with Crippen molar-refractivity contribution in [2.45, 2.75) is 78.1 Å². The molecule has 0 aliphatic heterocycles. The first-order valence-electron chi connectivity index (χ1n) is 7.83. The van der Waals surface area contributed by atoms with Gasteiger partial charge in [-0.2, -0.15) is 0 Å². The normalized spacial score (nSPS) is 11.5. The van der Waals surface area contributed by atoms with Crippen LogP contribution >= 0.6 is 0 Å². The number of carbonyl (C=O) groups is 1. The van der Waals surface area contributed by atoms with E-state index in [2.05, 4.69) is 13.8 Å². The standard InChI is InChI=1S/C17H30O2/c1-3-5-7-9-10-11-12-13-15-17(18)19-16-14-8-6-4-2/h13-16H,3-12H2,1-2H3/b15-13+,16-14+. The molecule has 0 aromatic rings. The van der Waals surface area contributed by atoms with Crippen molar-refractivity contribution >= 4 is 5.97 Å². The molecule has 0 N–H and O–H groups in total.